The quantitative estimate of drug-likeness (QED) is 0.702. The molecule has 0 saturated heterocycles. The molecule has 1 unspecified atom stereocenters. The van der Waals surface area contributed by atoms with Crippen molar-refractivity contribution in [3.63, 3.8) is 0 Å². The second-order valence-corrected chi connectivity index (χ2v) is 6.72. The molecule has 0 fully saturated rings. The van der Waals surface area contributed by atoms with Crippen molar-refractivity contribution < 1.29 is 24.0 Å². The Morgan fingerprint density at radius 1 is 0.963 bits per heavy atom. The van der Waals surface area contributed by atoms with Crippen LogP contribution in [0.5, 0.6) is 0 Å². The lowest BCUT2D eigenvalue weighted by atomic mass is 9.89. The third-order valence-corrected chi connectivity index (χ3v) is 4.74. The maximum absolute atomic E-state index is 12.7. The summed E-state index contributed by atoms with van der Waals surface area (Å²) in [7, 11) is 0. The van der Waals surface area contributed by atoms with Crippen LogP contribution in [-0.2, 0) is 21.0 Å². The zero-order valence-electron chi connectivity index (χ0n) is 15.3. The molecule has 0 bridgehead atoms. The topological polar surface area (TPSA) is 72.9 Å². The van der Waals surface area contributed by atoms with E-state index in [2.05, 4.69) is 0 Å². The van der Waals surface area contributed by atoms with Gasteiger partial charge in [-0.25, -0.2) is 4.79 Å². The van der Waals surface area contributed by atoms with E-state index >= 15 is 0 Å². The number of benzene rings is 2. The van der Waals surface area contributed by atoms with E-state index in [0.717, 1.165) is 5.56 Å². The van der Waals surface area contributed by atoms with Crippen LogP contribution in [0.25, 0.3) is 0 Å². The highest BCUT2D eigenvalue weighted by molar-refractivity contribution is 6.20. The first kappa shape index (κ1) is 18.8. The number of fused-ring (bicyclic) bond motifs is 1. The summed E-state index contributed by atoms with van der Waals surface area (Å²) in [6.45, 7) is 3.99. The molecule has 2 aromatic rings. The number of rotatable bonds is 7. The van der Waals surface area contributed by atoms with Crippen molar-refractivity contribution >= 4 is 17.8 Å². The van der Waals surface area contributed by atoms with Gasteiger partial charge < -0.3 is 9.57 Å². The molecule has 0 aliphatic carbocycles. The van der Waals surface area contributed by atoms with Gasteiger partial charge in [0, 0.05) is 0 Å². The predicted octanol–water partition coefficient (Wildman–Crippen LogP) is 3.37. The van der Waals surface area contributed by atoms with E-state index in [9.17, 15) is 14.4 Å². The first-order chi connectivity index (χ1) is 13.0. The van der Waals surface area contributed by atoms with E-state index < -0.39 is 23.2 Å². The Labute approximate surface area is 157 Å². The van der Waals surface area contributed by atoms with Crippen LogP contribution in [0.15, 0.2) is 54.6 Å². The fourth-order valence-electron chi connectivity index (χ4n) is 2.72. The number of ether oxygens (including phenoxy) is 1. The number of imide groups is 1. The molecule has 0 spiro atoms. The van der Waals surface area contributed by atoms with Gasteiger partial charge in [0.05, 0.1) is 29.8 Å². The lowest BCUT2D eigenvalue weighted by Crippen LogP contribution is -2.41. The zero-order chi connectivity index (χ0) is 19.4. The number of carbonyl (C=O) groups excluding carboxylic acids is 3. The lowest BCUT2D eigenvalue weighted by molar-refractivity contribution is -0.184. The van der Waals surface area contributed by atoms with Crippen LogP contribution in [0.4, 0.5) is 0 Å². The Morgan fingerprint density at radius 2 is 1.52 bits per heavy atom. The number of hydrogen-bond acceptors (Lipinski definition) is 5. The summed E-state index contributed by atoms with van der Waals surface area (Å²) >= 11 is 0. The number of amides is 2. The highest BCUT2D eigenvalue weighted by Crippen LogP contribution is 2.28. The molecule has 1 atom stereocenters. The summed E-state index contributed by atoms with van der Waals surface area (Å²) in [5.74, 6) is -1.94. The summed E-state index contributed by atoms with van der Waals surface area (Å²) in [4.78, 5) is 42.6. The highest BCUT2D eigenvalue weighted by Gasteiger charge is 2.42. The zero-order valence-corrected chi connectivity index (χ0v) is 15.3. The Balaban J connectivity index is 1.64. The summed E-state index contributed by atoms with van der Waals surface area (Å²) < 4.78 is 5.69. The average Bonchev–Trinajstić information content (AvgIpc) is 2.94. The van der Waals surface area contributed by atoms with Crippen LogP contribution in [0, 0.1) is 5.41 Å². The molecule has 1 aliphatic heterocycles. The normalized spacial score (nSPS) is 15.4. The number of hydrogen-bond donors (Lipinski definition) is 0. The predicted molar refractivity (Wildman–Crippen MR) is 97.5 cm³/mol. The van der Waals surface area contributed by atoms with Gasteiger partial charge in [-0.2, -0.15) is 0 Å². The van der Waals surface area contributed by atoms with Gasteiger partial charge in [-0.3, -0.25) is 9.59 Å². The molecule has 0 aromatic heterocycles. The smallest absolute Gasteiger partial charge is 0.341 e. The van der Waals surface area contributed by atoms with Gasteiger partial charge in [-0.05, 0) is 31.0 Å². The molecular formula is C21H21NO5. The summed E-state index contributed by atoms with van der Waals surface area (Å²) in [6, 6.07) is 16.0. The number of hydroxylamine groups is 2. The molecule has 3 rings (SSSR count). The van der Waals surface area contributed by atoms with Crippen LogP contribution >= 0.6 is 0 Å². The largest absolute Gasteiger partial charge is 0.376 e. The standard InChI is InChI=1S/C21H21NO5/c1-3-21(2,14-26-13-15-9-5-4-6-10-15)20(25)27-22-18(23)16-11-7-8-12-17(16)19(22)24/h4-12H,3,13-14H2,1-2H3. The second-order valence-electron chi connectivity index (χ2n) is 6.72. The SMILES string of the molecule is CCC(C)(COCc1ccccc1)C(=O)ON1C(=O)c2ccccc2C1=O. The summed E-state index contributed by atoms with van der Waals surface area (Å²) in [5.41, 5.74) is 0.469. The highest BCUT2D eigenvalue weighted by atomic mass is 16.7. The van der Waals surface area contributed by atoms with Crippen molar-refractivity contribution in [1.29, 1.82) is 0 Å². The fourth-order valence-corrected chi connectivity index (χ4v) is 2.72. The minimum Gasteiger partial charge on any atom is -0.376 e. The molecule has 140 valence electrons. The van der Waals surface area contributed by atoms with Crippen LogP contribution in [-0.4, -0.2) is 29.5 Å². The van der Waals surface area contributed by atoms with Crippen LogP contribution in [0.3, 0.4) is 0 Å². The Kier molecular flexibility index (Phi) is 5.37. The first-order valence-electron chi connectivity index (χ1n) is 8.78. The van der Waals surface area contributed by atoms with Crippen molar-refractivity contribution in [2.24, 2.45) is 5.41 Å². The molecule has 2 aromatic carbocycles. The van der Waals surface area contributed by atoms with Gasteiger partial charge in [0.15, 0.2) is 0 Å². The molecule has 27 heavy (non-hydrogen) atoms. The minimum absolute atomic E-state index is 0.112. The maximum Gasteiger partial charge on any atom is 0.341 e. The van der Waals surface area contributed by atoms with Gasteiger partial charge in [0.25, 0.3) is 11.8 Å². The molecule has 1 heterocycles. The number of nitrogens with zero attached hydrogens (tertiary/aromatic N) is 1. The Hall–Kier alpha value is -2.99. The van der Waals surface area contributed by atoms with Crippen molar-refractivity contribution in [1.82, 2.24) is 5.06 Å². The van der Waals surface area contributed by atoms with Crippen molar-refractivity contribution in [3.05, 3.63) is 71.3 Å². The molecule has 1 aliphatic rings. The minimum atomic E-state index is -0.982. The number of carbonyl (C=O) groups is 3. The van der Waals surface area contributed by atoms with E-state index in [1.165, 1.54) is 12.1 Å². The molecular weight excluding hydrogens is 346 g/mol. The summed E-state index contributed by atoms with van der Waals surface area (Å²) in [6.07, 6.45) is 0.434. The molecule has 0 N–H and O–H groups in total. The first-order valence-corrected chi connectivity index (χ1v) is 8.78. The van der Waals surface area contributed by atoms with Gasteiger partial charge in [0.1, 0.15) is 0 Å². The van der Waals surface area contributed by atoms with E-state index in [1.54, 1.807) is 19.1 Å². The van der Waals surface area contributed by atoms with Gasteiger partial charge in [0.2, 0.25) is 0 Å². The van der Waals surface area contributed by atoms with Crippen molar-refractivity contribution in [2.75, 3.05) is 6.61 Å². The Bertz CT molecular complexity index is 829. The van der Waals surface area contributed by atoms with Gasteiger partial charge in [-0.15, -0.1) is 0 Å². The third-order valence-electron chi connectivity index (χ3n) is 4.74. The average molecular weight is 367 g/mol. The van der Waals surface area contributed by atoms with Crippen LogP contribution in [0.1, 0.15) is 46.5 Å². The van der Waals surface area contributed by atoms with Crippen LogP contribution < -0.4 is 0 Å². The monoisotopic (exact) mass is 367 g/mol. The summed E-state index contributed by atoms with van der Waals surface area (Å²) in [5, 5.41) is 0.540. The van der Waals surface area contributed by atoms with E-state index in [0.29, 0.717) is 18.1 Å². The third kappa shape index (κ3) is 3.75. The van der Waals surface area contributed by atoms with Crippen molar-refractivity contribution in [3.8, 4) is 0 Å². The fraction of sp³-hybridized carbons (Fsp3) is 0.286. The second kappa shape index (κ2) is 7.72. The van der Waals surface area contributed by atoms with Gasteiger partial charge >= 0.3 is 5.97 Å². The molecule has 2 amide bonds. The van der Waals surface area contributed by atoms with E-state index in [1.807, 2.05) is 37.3 Å². The van der Waals surface area contributed by atoms with E-state index in [-0.39, 0.29) is 17.7 Å². The van der Waals surface area contributed by atoms with Crippen LogP contribution in [0.2, 0.25) is 0 Å². The van der Waals surface area contributed by atoms with Gasteiger partial charge in [-0.1, -0.05) is 54.5 Å². The Morgan fingerprint density at radius 3 is 2.07 bits per heavy atom. The molecule has 6 heteroatoms. The molecule has 6 nitrogen and oxygen atoms in total. The molecule has 0 saturated carbocycles. The molecule has 0 radical (unpaired) electrons. The maximum atomic E-state index is 12.7. The lowest BCUT2D eigenvalue weighted by Gasteiger charge is -2.27. The van der Waals surface area contributed by atoms with Crippen molar-refractivity contribution in [2.45, 2.75) is 26.9 Å². The van der Waals surface area contributed by atoms with E-state index in [4.69, 9.17) is 9.57 Å².